The largest absolute Gasteiger partial charge is 0.348 e. The second-order valence-corrected chi connectivity index (χ2v) is 5.86. The van der Waals surface area contributed by atoms with Crippen LogP contribution in [-0.4, -0.2) is 29.0 Å². The van der Waals surface area contributed by atoms with Gasteiger partial charge >= 0.3 is 0 Å². The lowest BCUT2D eigenvalue weighted by atomic mass is 9.94. The highest BCUT2D eigenvalue weighted by Crippen LogP contribution is 2.43. The van der Waals surface area contributed by atoms with Gasteiger partial charge in [0, 0.05) is 6.54 Å². The van der Waals surface area contributed by atoms with Crippen molar-refractivity contribution in [1.29, 1.82) is 0 Å². The zero-order valence-corrected chi connectivity index (χ0v) is 12.2. The summed E-state index contributed by atoms with van der Waals surface area (Å²) in [6.07, 6.45) is 4.44. The number of aromatic nitrogens is 1. The molecule has 20 heavy (non-hydrogen) atoms. The topological polar surface area (TPSA) is 58.8 Å². The third-order valence-corrected chi connectivity index (χ3v) is 4.51. The Kier molecular flexibility index (Phi) is 3.17. The summed E-state index contributed by atoms with van der Waals surface area (Å²) >= 11 is 5.91. The Hall–Kier alpha value is -1.62. The highest BCUT2D eigenvalue weighted by atomic mass is 35.5. The molecule has 0 atom stereocenters. The van der Waals surface area contributed by atoms with E-state index in [-0.39, 0.29) is 16.7 Å². The SMILES string of the molecule is C=N/C(Cl)=N\c1c(C)cc2n1C1(CCCC1)CNC2=O. The first-order chi connectivity index (χ1) is 9.57. The molecule has 0 unspecified atom stereocenters. The third kappa shape index (κ3) is 1.88. The monoisotopic (exact) mass is 292 g/mol. The number of rotatable bonds is 1. The van der Waals surface area contributed by atoms with Crippen LogP contribution in [0.2, 0.25) is 0 Å². The van der Waals surface area contributed by atoms with Crippen LogP contribution in [0.4, 0.5) is 5.82 Å². The minimum Gasteiger partial charge on any atom is -0.348 e. The fourth-order valence-corrected chi connectivity index (χ4v) is 3.46. The van der Waals surface area contributed by atoms with Crippen LogP contribution in [0.5, 0.6) is 0 Å². The molecule has 1 amide bonds. The molecule has 1 aromatic heterocycles. The molecule has 1 fully saturated rings. The van der Waals surface area contributed by atoms with Crippen molar-refractivity contribution in [3.8, 4) is 0 Å². The lowest BCUT2D eigenvalue weighted by molar-refractivity contribution is 0.0874. The van der Waals surface area contributed by atoms with Gasteiger partial charge in [-0.15, -0.1) is 0 Å². The number of amides is 1. The van der Waals surface area contributed by atoms with Crippen LogP contribution in [0.1, 0.15) is 41.7 Å². The molecule has 1 N–H and O–H groups in total. The molecule has 2 heterocycles. The number of amidine groups is 1. The lowest BCUT2D eigenvalue weighted by Gasteiger charge is -2.37. The summed E-state index contributed by atoms with van der Waals surface area (Å²) in [7, 11) is 0. The van der Waals surface area contributed by atoms with Crippen molar-refractivity contribution in [2.75, 3.05) is 6.54 Å². The summed E-state index contributed by atoms with van der Waals surface area (Å²) in [5, 5.41) is 3.11. The summed E-state index contributed by atoms with van der Waals surface area (Å²) in [6.45, 7) is 5.98. The maximum Gasteiger partial charge on any atom is 0.268 e. The van der Waals surface area contributed by atoms with Gasteiger partial charge in [-0.05, 0) is 49.7 Å². The molecular weight excluding hydrogens is 276 g/mol. The van der Waals surface area contributed by atoms with Crippen molar-refractivity contribution < 1.29 is 4.79 Å². The Morgan fingerprint density at radius 3 is 2.85 bits per heavy atom. The zero-order chi connectivity index (χ0) is 14.3. The van der Waals surface area contributed by atoms with Gasteiger partial charge in [-0.1, -0.05) is 12.8 Å². The highest BCUT2D eigenvalue weighted by Gasteiger charge is 2.43. The summed E-state index contributed by atoms with van der Waals surface area (Å²) < 4.78 is 2.07. The van der Waals surface area contributed by atoms with E-state index >= 15 is 0 Å². The van der Waals surface area contributed by atoms with Crippen molar-refractivity contribution in [3.63, 3.8) is 0 Å². The maximum atomic E-state index is 12.1. The number of aryl methyl sites for hydroxylation is 1. The van der Waals surface area contributed by atoms with Crippen LogP contribution in [0, 0.1) is 6.92 Å². The summed E-state index contributed by atoms with van der Waals surface area (Å²) in [6, 6.07) is 1.88. The Bertz CT molecular complexity index is 611. The summed E-state index contributed by atoms with van der Waals surface area (Å²) in [5.41, 5.74) is 1.54. The molecule has 106 valence electrons. The van der Waals surface area contributed by atoms with E-state index in [2.05, 4.69) is 26.6 Å². The smallest absolute Gasteiger partial charge is 0.268 e. The number of fused-ring (bicyclic) bond motifs is 2. The van der Waals surface area contributed by atoms with Crippen LogP contribution in [-0.2, 0) is 5.54 Å². The zero-order valence-electron chi connectivity index (χ0n) is 11.4. The number of carbonyl (C=O) groups excluding carboxylic acids is 1. The standard InChI is InChI=1S/C14H17ClN4O/c1-9-7-10-12(20)17-8-14(5-3-4-6-14)19(10)11(9)18-13(15)16-2/h7H,2-6,8H2,1H3,(H,17,20)/b18-13-. The molecule has 1 aromatic rings. The number of hydrogen-bond acceptors (Lipinski definition) is 2. The average Bonchev–Trinajstić information content (AvgIpc) is 3.02. The highest BCUT2D eigenvalue weighted by molar-refractivity contribution is 6.65. The second-order valence-electron chi connectivity index (χ2n) is 5.52. The molecule has 0 radical (unpaired) electrons. The Morgan fingerprint density at radius 1 is 1.50 bits per heavy atom. The van der Waals surface area contributed by atoms with E-state index in [1.807, 2.05) is 13.0 Å². The molecule has 0 saturated heterocycles. The van der Waals surface area contributed by atoms with Crippen molar-refractivity contribution >= 4 is 35.3 Å². The number of aliphatic imine (C=N–C) groups is 2. The van der Waals surface area contributed by atoms with Gasteiger partial charge in [-0.3, -0.25) is 4.79 Å². The molecular formula is C14H17ClN4O. The molecule has 0 aromatic carbocycles. The molecule has 1 saturated carbocycles. The van der Waals surface area contributed by atoms with Crippen molar-refractivity contribution in [2.24, 2.45) is 9.98 Å². The normalized spacial score (nSPS) is 20.9. The quantitative estimate of drug-likeness (QED) is 0.483. The Balaban J connectivity index is 2.22. The fraction of sp³-hybridized carbons (Fsp3) is 0.500. The molecule has 1 aliphatic heterocycles. The van der Waals surface area contributed by atoms with Gasteiger partial charge in [0.25, 0.3) is 5.91 Å². The molecule has 1 spiro atoms. The van der Waals surface area contributed by atoms with Crippen LogP contribution in [0.15, 0.2) is 16.1 Å². The number of carbonyl (C=O) groups is 1. The first-order valence-corrected chi connectivity index (χ1v) is 7.17. The summed E-state index contributed by atoms with van der Waals surface area (Å²) in [4.78, 5) is 20.1. The van der Waals surface area contributed by atoms with E-state index < -0.39 is 0 Å². The minimum atomic E-state index is -0.0608. The fourth-order valence-electron chi connectivity index (χ4n) is 3.38. The predicted molar refractivity (Wildman–Crippen MR) is 80.4 cm³/mol. The van der Waals surface area contributed by atoms with Gasteiger partial charge < -0.3 is 9.88 Å². The predicted octanol–water partition coefficient (Wildman–Crippen LogP) is 2.74. The second kappa shape index (κ2) is 4.74. The molecule has 3 rings (SSSR count). The van der Waals surface area contributed by atoms with Crippen LogP contribution in [0.25, 0.3) is 0 Å². The van der Waals surface area contributed by atoms with E-state index in [9.17, 15) is 4.79 Å². The van der Waals surface area contributed by atoms with Gasteiger partial charge in [0.1, 0.15) is 11.5 Å². The number of nitrogens with zero attached hydrogens (tertiary/aromatic N) is 3. The lowest BCUT2D eigenvalue weighted by Crippen LogP contribution is -2.49. The van der Waals surface area contributed by atoms with Gasteiger partial charge in [0.15, 0.2) is 0 Å². The van der Waals surface area contributed by atoms with Crippen molar-refractivity contribution in [3.05, 3.63) is 17.3 Å². The van der Waals surface area contributed by atoms with Gasteiger partial charge in [-0.25, -0.2) is 9.98 Å². The van der Waals surface area contributed by atoms with E-state index in [4.69, 9.17) is 11.6 Å². The number of hydrogen-bond donors (Lipinski definition) is 1. The van der Waals surface area contributed by atoms with Gasteiger partial charge in [0.2, 0.25) is 5.29 Å². The molecule has 2 aliphatic rings. The van der Waals surface area contributed by atoms with Crippen molar-refractivity contribution in [2.45, 2.75) is 38.1 Å². The van der Waals surface area contributed by atoms with E-state index in [0.29, 0.717) is 12.2 Å². The van der Waals surface area contributed by atoms with Gasteiger partial charge in [-0.2, -0.15) is 0 Å². The van der Waals surface area contributed by atoms with Crippen LogP contribution < -0.4 is 5.32 Å². The maximum absolute atomic E-state index is 12.1. The van der Waals surface area contributed by atoms with Gasteiger partial charge in [0.05, 0.1) is 5.54 Å². The minimum absolute atomic E-state index is 0.0465. The molecule has 5 nitrogen and oxygen atoms in total. The first kappa shape index (κ1) is 13.4. The summed E-state index contributed by atoms with van der Waals surface area (Å²) in [5.74, 6) is 0.684. The average molecular weight is 293 g/mol. The van der Waals surface area contributed by atoms with E-state index in [0.717, 1.165) is 24.2 Å². The number of halogens is 1. The van der Waals surface area contributed by atoms with E-state index in [1.54, 1.807) is 0 Å². The Morgan fingerprint density at radius 2 is 2.20 bits per heavy atom. The first-order valence-electron chi connectivity index (χ1n) is 6.79. The number of nitrogens with one attached hydrogen (secondary N) is 1. The van der Waals surface area contributed by atoms with Crippen LogP contribution >= 0.6 is 11.6 Å². The van der Waals surface area contributed by atoms with Crippen molar-refractivity contribution in [1.82, 2.24) is 9.88 Å². The third-order valence-electron chi connectivity index (χ3n) is 4.31. The van der Waals surface area contributed by atoms with Crippen LogP contribution in [0.3, 0.4) is 0 Å². The van der Waals surface area contributed by atoms with E-state index in [1.165, 1.54) is 12.8 Å². The molecule has 0 bridgehead atoms. The molecule has 6 heteroatoms. The Labute approximate surface area is 122 Å². The molecule has 1 aliphatic carbocycles.